The highest BCUT2D eigenvalue weighted by Gasteiger charge is 2.57. The molecule has 0 amide bonds. The second-order valence-electron chi connectivity index (χ2n) is 4.92. The molecular weight excluding hydrogens is 275 g/mol. The predicted octanol–water partition coefficient (Wildman–Crippen LogP) is 1.43. The van der Waals surface area contributed by atoms with Crippen molar-refractivity contribution in [1.82, 2.24) is 9.97 Å². The van der Waals surface area contributed by atoms with Crippen LogP contribution in [0.25, 0.3) is 0 Å². The zero-order chi connectivity index (χ0) is 15.0. The van der Waals surface area contributed by atoms with Crippen LogP contribution in [0.2, 0.25) is 0 Å². The molecule has 0 radical (unpaired) electrons. The molecule has 1 saturated heterocycles. The molecule has 8 heteroatoms. The number of aliphatic hydroxyl groups is 1. The van der Waals surface area contributed by atoms with Crippen molar-refractivity contribution in [2.24, 2.45) is 0 Å². The molecule has 0 aliphatic carbocycles. The molecule has 1 unspecified atom stereocenters. The van der Waals surface area contributed by atoms with Gasteiger partial charge in [0, 0.05) is 31.8 Å². The molecular formula is C12H16F3N3O2. The van der Waals surface area contributed by atoms with Gasteiger partial charge in [0.15, 0.2) is 11.4 Å². The van der Waals surface area contributed by atoms with Gasteiger partial charge in [-0.3, -0.25) is 0 Å². The molecule has 1 aromatic heterocycles. The number of nitrogens with zero attached hydrogens (tertiary/aromatic N) is 3. The Morgan fingerprint density at radius 1 is 1.45 bits per heavy atom. The van der Waals surface area contributed by atoms with Gasteiger partial charge in [-0.2, -0.15) is 13.2 Å². The highest BCUT2D eigenvalue weighted by atomic mass is 19.4. The summed E-state index contributed by atoms with van der Waals surface area (Å²) in [6.07, 6.45) is -5.00. The van der Waals surface area contributed by atoms with Gasteiger partial charge in [-0.15, -0.1) is 0 Å². The standard InChI is InChI=1S/C12H16F3N3O2/c1-8-5-10(17-9(16-8)6-20-2)18-4-3-11(19,7-18)12(13,14)15/h5,19H,3-4,6-7H2,1-2H3. The Bertz CT molecular complexity index is 495. The molecule has 0 saturated carbocycles. The third-order valence-corrected chi connectivity index (χ3v) is 3.26. The third-order valence-electron chi connectivity index (χ3n) is 3.26. The van der Waals surface area contributed by atoms with Crippen LogP contribution < -0.4 is 4.90 Å². The molecule has 2 heterocycles. The summed E-state index contributed by atoms with van der Waals surface area (Å²) >= 11 is 0. The van der Waals surface area contributed by atoms with E-state index in [0.717, 1.165) is 0 Å². The lowest BCUT2D eigenvalue weighted by Gasteiger charge is -2.26. The summed E-state index contributed by atoms with van der Waals surface area (Å²) in [5, 5.41) is 9.67. The molecule has 5 nitrogen and oxygen atoms in total. The van der Waals surface area contributed by atoms with Gasteiger partial charge in [0.05, 0.1) is 6.54 Å². The van der Waals surface area contributed by atoms with Crippen LogP contribution in [-0.2, 0) is 11.3 Å². The monoisotopic (exact) mass is 291 g/mol. The molecule has 0 aromatic carbocycles. The highest BCUT2D eigenvalue weighted by Crippen LogP contribution is 2.38. The average molecular weight is 291 g/mol. The van der Waals surface area contributed by atoms with E-state index in [1.807, 2.05) is 0 Å². The van der Waals surface area contributed by atoms with E-state index >= 15 is 0 Å². The van der Waals surface area contributed by atoms with Crippen molar-refractivity contribution in [3.63, 3.8) is 0 Å². The number of ether oxygens (including phenoxy) is 1. The molecule has 1 aliphatic rings. The second kappa shape index (κ2) is 5.17. The fourth-order valence-corrected chi connectivity index (χ4v) is 2.19. The van der Waals surface area contributed by atoms with Gasteiger partial charge in [-0.1, -0.05) is 0 Å². The molecule has 112 valence electrons. The molecule has 1 aromatic rings. The van der Waals surface area contributed by atoms with E-state index in [0.29, 0.717) is 17.3 Å². The number of aromatic nitrogens is 2. The Balaban J connectivity index is 2.22. The zero-order valence-electron chi connectivity index (χ0n) is 11.2. The molecule has 1 aliphatic heterocycles. The topological polar surface area (TPSA) is 58.5 Å². The lowest BCUT2D eigenvalue weighted by Crippen LogP contribution is -2.47. The van der Waals surface area contributed by atoms with E-state index < -0.39 is 18.3 Å². The summed E-state index contributed by atoms with van der Waals surface area (Å²) in [6, 6.07) is 1.60. The van der Waals surface area contributed by atoms with Crippen molar-refractivity contribution >= 4 is 5.82 Å². The van der Waals surface area contributed by atoms with Crippen LogP contribution in [0.5, 0.6) is 0 Å². The molecule has 1 atom stereocenters. The van der Waals surface area contributed by atoms with E-state index in [4.69, 9.17) is 4.74 Å². The van der Waals surface area contributed by atoms with Crippen molar-refractivity contribution in [2.45, 2.75) is 31.7 Å². The summed E-state index contributed by atoms with van der Waals surface area (Å²) in [5.74, 6) is 0.787. The summed E-state index contributed by atoms with van der Waals surface area (Å²) in [7, 11) is 1.49. The summed E-state index contributed by atoms with van der Waals surface area (Å²) in [4.78, 5) is 9.71. The molecule has 0 bridgehead atoms. The van der Waals surface area contributed by atoms with Gasteiger partial charge in [-0.25, -0.2) is 9.97 Å². The number of alkyl halides is 3. The van der Waals surface area contributed by atoms with Crippen molar-refractivity contribution < 1.29 is 23.0 Å². The first-order chi connectivity index (χ1) is 9.25. The van der Waals surface area contributed by atoms with E-state index in [1.165, 1.54) is 12.0 Å². The van der Waals surface area contributed by atoms with Crippen molar-refractivity contribution in [2.75, 3.05) is 25.1 Å². The first-order valence-electron chi connectivity index (χ1n) is 6.13. The van der Waals surface area contributed by atoms with Crippen LogP contribution >= 0.6 is 0 Å². The molecule has 1 fully saturated rings. The van der Waals surface area contributed by atoms with Crippen LogP contribution in [0, 0.1) is 6.92 Å². The maximum atomic E-state index is 12.8. The number of β-amino-alcohol motifs (C(OH)–C–C–N with tert-alkyl or cyclic N) is 1. The van der Waals surface area contributed by atoms with Crippen molar-refractivity contribution in [3.8, 4) is 0 Å². The second-order valence-corrected chi connectivity index (χ2v) is 4.92. The van der Waals surface area contributed by atoms with E-state index in [1.54, 1.807) is 13.0 Å². The first-order valence-corrected chi connectivity index (χ1v) is 6.13. The van der Waals surface area contributed by atoms with E-state index in [2.05, 4.69) is 9.97 Å². The summed E-state index contributed by atoms with van der Waals surface area (Å²) in [6.45, 7) is 1.50. The Hall–Kier alpha value is -1.41. The molecule has 0 spiro atoms. The molecule has 20 heavy (non-hydrogen) atoms. The smallest absolute Gasteiger partial charge is 0.379 e. The lowest BCUT2D eigenvalue weighted by molar-refractivity contribution is -0.250. The lowest BCUT2D eigenvalue weighted by atomic mass is 10.0. The Morgan fingerprint density at radius 2 is 2.15 bits per heavy atom. The summed E-state index contributed by atoms with van der Waals surface area (Å²) in [5.41, 5.74) is -2.03. The average Bonchev–Trinajstić information content (AvgIpc) is 2.72. The number of hydrogen-bond donors (Lipinski definition) is 1. The van der Waals surface area contributed by atoms with Gasteiger partial charge >= 0.3 is 6.18 Å². The minimum absolute atomic E-state index is 0.0961. The number of rotatable bonds is 3. The van der Waals surface area contributed by atoms with Gasteiger partial charge in [0.1, 0.15) is 12.4 Å². The highest BCUT2D eigenvalue weighted by molar-refractivity contribution is 5.42. The minimum atomic E-state index is -4.64. The van der Waals surface area contributed by atoms with E-state index in [-0.39, 0.29) is 19.6 Å². The number of methoxy groups -OCH3 is 1. The number of halogens is 3. The number of aryl methyl sites for hydroxylation is 1. The maximum absolute atomic E-state index is 12.8. The van der Waals surface area contributed by atoms with Crippen molar-refractivity contribution in [1.29, 1.82) is 0 Å². The van der Waals surface area contributed by atoms with Gasteiger partial charge < -0.3 is 14.7 Å². The SMILES string of the molecule is COCc1nc(C)cc(N2CCC(O)(C(F)(F)F)C2)n1. The van der Waals surface area contributed by atoms with Gasteiger partial charge in [-0.05, 0) is 6.92 Å². The Labute approximate surface area is 114 Å². The quantitative estimate of drug-likeness (QED) is 0.913. The van der Waals surface area contributed by atoms with Gasteiger partial charge in [0.25, 0.3) is 0 Å². The van der Waals surface area contributed by atoms with Crippen LogP contribution in [0.3, 0.4) is 0 Å². The van der Waals surface area contributed by atoms with Crippen LogP contribution in [0.4, 0.5) is 19.0 Å². The largest absolute Gasteiger partial charge is 0.418 e. The molecule has 2 rings (SSSR count). The minimum Gasteiger partial charge on any atom is -0.379 e. The van der Waals surface area contributed by atoms with Crippen LogP contribution in [0.1, 0.15) is 17.9 Å². The fourth-order valence-electron chi connectivity index (χ4n) is 2.19. The molecule has 1 N–H and O–H groups in total. The number of hydrogen-bond acceptors (Lipinski definition) is 5. The zero-order valence-corrected chi connectivity index (χ0v) is 11.2. The van der Waals surface area contributed by atoms with Crippen LogP contribution in [-0.4, -0.2) is 47.1 Å². The fraction of sp³-hybridized carbons (Fsp3) is 0.667. The van der Waals surface area contributed by atoms with Crippen molar-refractivity contribution in [3.05, 3.63) is 17.6 Å². The normalized spacial score (nSPS) is 23.4. The maximum Gasteiger partial charge on any atom is 0.418 e. The summed E-state index contributed by atoms with van der Waals surface area (Å²) < 4.78 is 43.3. The Morgan fingerprint density at radius 3 is 2.70 bits per heavy atom. The first kappa shape index (κ1) is 15.0. The van der Waals surface area contributed by atoms with Crippen LogP contribution in [0.15, 0.2) is 6.07 Å². The Kier molecular flexibility index (Phi) is 3.88. The van der Waals surface area contributed by atoms with Gasteiger partial charge in [0.2, 0.25) is 0 Å². The van der Waals surface area contributed by atoms with E-state index in [9.17, 15) is 18.3 Å². The third kappa shape index (κ3) is 2.85. The number of anilines is 1. The predicted molar refractivity (Wildman–Crippen MR) is 65.3 cm³/mol.